The predicted octanol–water partition coefficient (Wildman–Crippen LogP) is 2.30. The van der Waals surface area contributed by atoms with Gasteiger partial charge in [0, 0.05) is 6.42 Å². The lowest BCUT2D eigenvalue weighted by Crippen LogP contribution is -2.05. The summed E-state index contributed by atoms with van der Waals surface area (Å²) < 4.78 is 5.07. The number of aryl methyl sites for hydroxylation is 2. The SMILES string of the molecule is Cc1cc(C)cc(Cc2noc([C@@H](C)N)n2)c1. The lowest BCUT2D eigenvalue weighted by atomic mass is 10.1. The highest BCUT2D eigenvalue weighted by Gasteiger charge is 2.10. The molecule has 0 aliphatic heterocycles. The van der Waals surface area contributed by atoms with E-state index in [0.717, 1.165) is 0 Å². The highest BCUT2D eigenvalue weighted by Crippen LogP contribution is 2.13. The Kier molecular flexibility index (Phi) is 3.24. The summed E-state index contributed by atoms with van der Waals surface area (Å²) in [7, 11) is 0. The van der Waals surface area contributed by atoms with Crippen molar-refractivity contribution in [1.82, 2.24) is 10.1 Å². The summed E-state index contributed by atoms with van der Waals surface area (Å²) in [5.41, 5.74) is 9.36. The van der Waals surface area contributed by atoms with Gasteiger partial charge in [-0.15, -0.1) is 0 Å². The van der Waals surface area contributed by atoms with Crippen LogP contribution in [0.3, 0.4) is 0 Å². The average molecular weight is 231 g/mol. The van der Waals surface area contributed by atoms with E-state index in [4.69, 9.17) is 10.3 Å². The molecule has 1 aromatic heterocycles. The molecule has 2 aromatic rings. The molecular formula is C13H17N3O. The fourth-order valence-corrected chi connectivity index (χ4v) is 1.88. The molecule has 1 atom stereocenters. The van der Waals surface area contributed by atoms with Gasteiger partial charge >= 0.3 is 0 Å². The normalized spacial score (nSPS) is 12.7. The quantitative estimate of drug-likeness (QED) is 0.880. The van der Waals surface area contributed by atoms with Crippen LogP contribution < -0.4 is 5.73 Å². The monoisotopic (exact) mass is 231 g/mol. The van der Waals surface area contributed by atoms with E-state index in [1.54, 1.807) is 0 Å². The van der Waals surface area contributed by atoms with E-state index in [1.165, 1.54) is 16.7 Å². The van der Waals surface area contributed by atoms with Gasteiger partial charge in [0.2, 0.25) is 5.89 Å². The summed E-state index contributed by atoms with van der Waals surface area (Å²) in [6, 6.07) is 6.20. The summed E-state index contributed by atoms with van der Waals surface area (Å²) >= 11 is 0. The van der Waals surface area contributed by atoms with E-state index in [9.17, 15) is 0 Å². The highest BCUT2D eigenvalue weighted by molar-refractivity contribution is 5.30. The maximum Gasteiger partial charge on any atom is 0.243 e. The van der Waals surface area contributed by atoms with Crippen molar-refractivity contribution in [3.8, 4) is 0 Å². The van der Waals surface area contributed by atoms with Gasteiger partial charge in [0.1, 0.15) is 0 Å². The predicted molar refractivity (Wildman–Crippen MR) is 65.6 cm³/mol. The molecule has 0 radical (unpaired) electrons. The lowest BCUT2D eigenvalue weighted by molar-refractivity contribution is 0.358. The average Bonchev–Trinajstić information content (AvgIpc) is 2.64. The minimum Gasteiger partial charge on any atom is -0.338 e. The van der Waals surface area contributed by atoms with Crippen LogP contribution in [0.5, 0.6) is 0 Å². The summed E-state index contributed by atoms with van der Waals surface area (Å²) in [6.07, 6.45) is 0.679. The molecule has 2 N–H and O–H groups in total. The van der Waals surface area contributed by atoms with E-state index in [2.05, 4.69) is 42.2 Å². The zero-order valence-electron chi connectivity index (χ0n) is 10.4. The van der Waals surface area contributed by atoms with E-state index in [-0.39, 0.29) is 6.04 Å². The van der Waals surface area contributed by atoms with Crippen LogP contribution in [0.15, 0.2) is 22.7 Å². The molecule has 4 nitrogen and oxygen atoms in total. The topological polar surface area (TPSA) is 64.9 Å². The van der Waals surface area contributed by atoms with Crippen LogP contribution in [0.4, 0.5) is 0 Å². The molecule has 0 spiro atoms. The van der Waals surface area contributed by atoms with E-state index < -0.39 is 0 Å². The van der Waals surface area contributed by atoms with Gasteiger partial charge in [-0.05, 0) is 26.3 Å². The summed E-state index contributed by atoms with van der Waals surface area (Å²) in [5, 5.41) is 3.93. The number of nitrogens with zero attached hydrogens (tertiary/aromatic N) is 2. The van der Waals surface area contributed by atoms with Crippen molar-refractivity contribution in [1.29, 1.82) is 0 Å². The maximum atomic E-state index is 5.67. The van der Waals surface area contributed by atoms with Gasteiger partial charge in [0.05, 0.1) is 6.04 Å². The Morgan fingerprint density at radius 1 is 1.24 bits per heavy atom. The maximum absolute atomic E-state index is 5.67. The van der Waals surface area contributed by atoms with Crippen molar-refractivity contribution in [3.05, 3.63) is 46.6 Å². The third-order valence-corrected chi connectivity index (χ3v) is 2.52. The molecule has 0 fully saturated rings. The van der Waals surface area contributed by atoms with Crippen LogP contribution in [0.1, 0.15) is 41.4 Å². The van der Waals surface area contributed by atoms with Gasteiger partial charge in [-0.25, -0.2) is 0 Å². The van der Waals surface area contributed by atoms with Crippen molar-refractivity contribution >= 4 is 0 Å². The summed E-state index contributed by atoms with van der Waals surface area (Å²) in [4.78, 5) is 4.26. The number of hydrogen-bond donors (Lipinski definition) is 1. The van der Waals surface area contributed by atoms with Crippen LogP contribution in [0, 0.1) is 13.8 Å². The van der Waals surface area contributed by atoms with Gasteiger partial charge in [-0.2, -0.15) is 4.98 Å². The standard InChI is InChI=1S/C13H17N3O/c1-8-4-9(2)6-11(5-8)7-12-15-13(10(3)14)17-16-12/h4-6,10H,7,14H2,1-3H3/t10-/m1/s1. The van der Waals surface area contributed by atoms with Crippen molar-refractivity contribution in [2.75, 3.05) is 0 Å². The Morgan fingerprint density at radius 3 is 2.41 bits per heavy atom. The second-order valence-corrected chi connectivity index (χ2v) is 4.51. The van der Waals surface area contributed by atoms with Crippen LogP contribution >= 0.6 is 0 Å². The van der Waals surface area contributed by atoms with Crippen molar-refractivity contribution in [3.63, 3.8) is 0 Å². The minimum atomic E-state index is -0.213. The van der Waals surface area contributed by atoms with Gasteiger partial charge in [-0.3, -0.25) is 0 Å². The molecule has 0 unspecified atom stereocenters. The zero-order chi connectivity index (χ0) is 12.4. The second kappa shape index (κ2) is 4.67. The van der Waals surface area contributed by atoms with Crippen molar-refractivity contribution in [2.45, 2.75) is 33.2 Å². The number of nitrogens with two attached hydrogens (primary N) is 1. The first-order valence-electron chi connectivity index (χ1n) is 5.70. The molecule has 0 saturated carbocycles. The molecule has 2 rings (SSSR count). The van der Waals surface area contributed by atoms with Crippen molar-refractivity contribution < 1.29 is 4.52 Å². The lowest BCUT2D eigenvalue weighted by Gasteiger charge is -2.01. The largest absolute Gasteiger partial charge is 0.338 e. The smallest absolute Gasteiger partial charge is 0.243 e. The van der Waals surface area contributed by atoms with Gasteiger partial charge in [0.25, 0.3) is 0 Å². The van der Waals surface area contributed by atoms with Crippen LogP contribution in [-0.4, -0.2) is 10.1 Å². The molecule has 90 valence electrons. The molecular weight excluding hydrogens is 214 g/mol. The van der Waals surface area contributed by atoms with Gasteiger partial charge < -0.3 is 10.3 Å². The Bertz CT molecular complexity index is 497. The molecule has 4 heteroatoms. The Hall–Kier alpha value is -1.68. The summed E-state index contributed by atoms with van der Waals surface area (Å²) in [5.74, 6) is 1.17. The first-order valence-corrected chi connectivity index (χ1v) is 5.70. The number of hydrogen-bond acceptors (Lipinski definition) is 4. The fourth-order valence-electron chi connectivity index (χ4n) is 1.88. The second-order valence-electron chi connectivity index (χ2n) is 4.51. The first-order chi connectivity index (χ1) is 8.04. The number of benzene rings is 1. The van der Waals surface area contributed by atoms with Gasteiger partial charge in [-0.1, -0.05) is 34.5 Å². The molecule has 0 amide bonds. The third-order valence-electron chi connectivity index (χ3n) is 2.52. The van der Waals surface area contributed by atoms with Gasteiger partial charge in [0.15, 0.2) is 5.82 Å². The first kappa shape index (κ1) is 11.8. The third kappa shape index (κ3) is 2.91. The van der Waals surface area contributed by atoms with Crippen LogP contribution in [0.25, 0.3) is 0 Å². The Labute approximate surface area is 101 Å². The fraction of sp³-hybridized carbons (Fsp3) is 0.385. The number of aromatic nitrogens is 2. The van der Waals surface area contributed by atoms with Crippen LogP contribution in [-0.2, 0) is 6.42 Å². The minimum absolute atomic E-state index is 0.213. The molecule has 0 aliphatic rings. The van der Waals surface area contributed by atoms with E-state index in [0.29, 0.717) is 18.1 Å². The Morgan fingerprint density at radius 2 is 1.88 bits per heavy atom. The molecule has 17 heavy (non-hydrogen) atoms. The molecule has 1 heterocycles. The molecule has 1 aromatic carbocycles. The van der Waals surface area contributed by atoms with Crippen LogP contribution in [0.2, 0.25) is 0 Å². The molecule has 0 aliphatic carbocycles. The zero-order valence-corrected chi connectivity index (χ0v) is 10.4. The number of rotatable bonds is 3. The molecule has 0 bridgehead atoms. The highest BCUT2D eigenvalue weighted by atomic mass is 16.5. The van der Waals surface area contributed by atoms with E-state index >= 15 is 0 Å². The molecule has 0 saturated heterocycles. The van der Waals surface area contributed by atoms with E-state index in [1.807, 2.05) is 6.92 Å². The van der Waals surface area contributed by atoms with Crippen molar-refractivity contribution in [2.24, 2.45) is 5.73 Å². The summed E-state index contributed by atoms with van der Waals surface area (Å²) in [6.45, 7) is 5.99. The Balaban J connectivity index is 2.19.